The van der Waals surface area contributed by atoms with E-state index in [1.165, 1.54) is 0 Å². The minimum Gasteiger partial charge on any atom is -0.376 e. The molecule has 2 N–H and O–H groups in total. The molecule has 0 aromatic heterocycles. The average molecular weight is 276 g/mol. The third-order valence-electron chi connectivity index (χ3n) is 3.75. The molecule has 5 nitrogen and oxygen atoms in total. The number of ether oxygens (including phenoxy) is 2. The Kier molecular flexibility index (Phi) is 4.00. The second-order valence-electron chi connectivity index (χ2n) is 5.16. The van der Waals surface area contributed by atoms with Crippen LogP contribution in [0.5, 0.6) is 0 Å². The maximum atomic E-state index is 11.4. The highest BCUT2D eigenvalue weighted by molar-refractivity contribution is 5.99. The van der Waals surface area contributed by atoms with E-state index < -0.39 is 0 Å². The lowest BCUT2D eigenvalue weighted by molar-refractivity contribution is -0.115. The van der Waals surface area contributed by atoms with E-state index >= 15 is 0 Å². The number of carbonyl (C=O) groups is 1. The molecule has 1 saturated heterocycles. The number of fused-ring (bicyclic) bond motifs is 1. The van der Waals surface area contributed by atoms with E-state index in [0.29, 0.717) is 26.2 Å². The minimum atomic E-state index is 0.0202. The molecule has 5 heteroatoms. The van der Waals surface area contributed by atoms with Gasteiger partial charge in [0.15, 0.2) is 0 Å². The van der Waals surface area contributed by atoms with Crippen molar-refractivity contribution >= 4 is 11.6 Å². The van der Waals surface area contributed by atoms with E-state index in [9.17, 15) is 4.79 Å². The summed E-state index contributed by atoms with van der Waals surface area (Å²) in [6.45, 7) is 4.84. The third kappa shape index (κ3) is 2.70. The van der Waals surface area contributed by atoms with Gasteiger partial charge in [0.05, 0.1) is 32.3 Å². The van der Waals surface area contributed by atoms with Gasteiger partial charge in [-0.2, -0.15) is 0 Å². The summed E-state index contributed by atoms with van der Waals surface area (Å²) in [5.74, 6) is 0.0643. The monoisotopic (exact) mass is 276 g/mol. The summed E-state index contributed by atoms with van der Waals surface area (Å²) in [5, 5.41) is 6.32. The van der Waals surface area contributed by atoms with Crippen molar-refractivity contribution in [2.24, 2.45) is 0 Å². The average Bonchev–Trinajstić information content (AvgIpc) is 2.84. The van der Waals surface area contributed by atoms with Crippen molar-refractivity contribution < 1.29 is 14.3 Å². The first-order chi connectivity index (χ1) is 9.78. The molecule has 1 aromatic carbocycles. The zero-order valence-electron chi connectivity index (χ0n) is 11.6. The van der Waals surface area contributed by atoms with E-state index in [1.54, 1.807) is 0 Å². The van der Waals surface area contributed by atoms with Crippen molar-refractivity contribution in [3.8, 4) is 0 Å². The number of hydrogen-bond acceptors (Lipinski definition) is 4. The molecule has 0 saturated carbocycles. The lowest BCUT2D eigenvalue weighted by Crippen LogP contribution is -2.40. The molecule has 2 aliphatic rings. The molecule has 2 heterocycles. The minimum absolute atomic E-state index is 0.0202. The molecular formula is C15H20N2O3. The predicted molar refractivity (Wildman–Crippen MR) is 75.8 cm³/mol. The zero-order valence-corrected chi connectivity index (χ0v) is 11.6. The molecule has 1 amide bonds. The van der Waals surface area contributed by atoms with Gasteiger partial charge in [-0.1, -0.05) is 19.1 Å². The standard InChI is InChI=1S/C15H20N2O3/c1-2-16-15(13-9-19-5-6-20-13)10-3-4-12-11(7-10)8-14(18)17-12/h3-4,7,13,15-16H,2,5-6,8-9H2,1H3,(H,17,18). The Hall–Kier alpha value is -1.43. The number of nitrogens with one attached hydrogen (secondary N) is 2. The molecule has 0 radical (unpaired) electrons. The fourth-order valence-corrected chi connectivity index (χ4v) is 2.82. The lowest BCUT2D eigenvalue weighted by atomic mass is 9.98. The van der Waals surface area contributed by atoms with Crippen LogP contribution in [0.3, 0.4) is 0 Å². The van der Waals surface area contributed by atoms with Crippen molar-refractivity contribution in [1.82, 2.24) is 5.32 Å². The summed E-state index contributed by atoms with van der Waals surface area (Å²) in [5.41, 5.74) is 3.14. The Morgan fingerprint density at radius 2 is 2.35 bits per heavy atom. The number of anilines is 1. The number of benzene rings is 1. The van der Waals surface area contributed by atoms with E-state index in [-0.39, 0.29) is 18.1 Å². The second kappa shape index (κ2) is 5.91. The molecule has 2 aliphatic heterocycles. The summed E-state index contributed by atoms with van der Waals surface area (Å²) >= 11 is 0. The number of carbonyl (C=O) groups excluding carboxylic acids is 1. The first-order valence-electron chi connectivity index (χ1n) is 7.13. The van der Waals surface area contributed by atoms with Crippen molar-refractivity contribution in [3.63, 3.8) is 0 Å². The highest BCUT2D eigenvalue weighted by Crippen LogP contribution is 2.29. The van der Waals surface area contributed by atoms with Crippen LogP contribution < -0.4 is 10.6 Å². The highest BCUT2D eigenvalue weighted by atomic mass is 16.6. The molecule has 1 aromatic rings. The Morgan fingerprint density at radius 1 is 1.45 bits per heavy atom. The second-order valence-corrected chi connectivity index (χ2v) is 5.16. The van der Waals surface area contributed by atoms with Crippen LogP contribution in [0.25, 0.3) is 0 Å². The number of amides is 1. The summed E-state index contributed by atoms with van der Waals surface area (Å²) in [6, 6.07) is 6.22. The third-order valence-corrected chi connectivity index (χ3v) is 3.75. The van der Waals surface area contributed by atoms with Crippen LogP contribution in [0.2, 0.25) is 0 Å². The number of hydrogen-bond donors (Lipinski definition) is 2. The van der Waals surface area contributed by atoms with Crippen molar-refractivity contribution in [2.75, 3.05) is 31.7 Å². The zero-order chi connectivity index (χ0) is 13.9. The molecule has 3 rings (SSSR count). The Balaban J connectivity index is 1.84. The van der Waals surface area contributed by atoms with Crippen LogP contribution in [0.1, 0.15) is 24.1 Å². The maximum Gasteiger partial charge on any atom is 0.228 e. The number of rotatable bonds is 4. The van der Waals surface area contributed by atoms with Gasteiger partial charge in [-0.05, 0) is 23.7 Å². The van der Waals surface area contributed by atoms with E-state index in [0.717, 1.165) is 23.4 Å². The van der Waals surface area contributed by atoms with Crippen LogP contribution in [0, 0.1) is 0 Å². The lowest BCUT2D eigenvalue weighted by Gasteiger charge is -2.31. The molecule has 2 unspecified atom stereocenters. The van der Waals surface area contributed by atoms with Crippen LogP contribution in [-0.4, -0.2) is 38.4 Å². The Morgan fingerprint density at radius 3 is 3.10 bits per heavy atom. The van der Waals surface area contributed by atoms with Gasteiger partial charge in [0.2, 0.25) is 5.91 Å². The molecule has 108 valence electrons. The van der Waals surface area contributed by atoms with Gasteiger partial charge in [-0.3, -0.25) is 4.79 Å². The van der Waals surface area contributed by atoms with E-state index in [4.69, 9.17) is 9.47 Å². The fourth-order valence-electron chi connectivity index (χ4n) is 2.82. The first kappa shape index (κ1) is 13.5. The van der Waals surface area contributed by atoms with Crippen LogP contribution in [-0.2, 0) is 20.7 Å². The van der Waals surface area contributed by atoms with Gasteiger partial charge in [-0.15, -0.1) is 0 Å². The van der Waals surface area contributed by atoms with Crippen molar-refractivity contribution in [2.45, 2.75) is 25.5 Å². The van der Waals surface area contributed by atoms with Gasteiger partial charge in [0.25, 0.3) is 0 Å². The molecule has 1 fully saturated rings. The van der Waals surface area contributed by atoms with Crippen molar-refractivity contribution in [3.05, 3.63) is 29.3 Å². The van der Waals surface area contributed by atoms with Gasteiger partial charge in [0, 0.05) is 5.69 Å². The van der Waals surface area contributed by atoms with Crippen LogP contribution in [0.15, 0.2) is 18.2 Å². The SMILES string of the molecule is CCNC(c1ccc2c(c1)CC(=O)N2)C1COCCO1. The van der Waals surface area contributed by atoms with Gasteiger partial charge >= 0.3 is 0 Å². The van der Waals surface area contributed by atoms with Gasteiger partial charge < -0.3 is 20.1 Å². The molecule has 2 atom stereocenters. The van der Waals surface area contributed by atoms with Crippen LogP contribution >= 0.6 is 0 Å². The maximum absolute atomic E-state index is 11.4. The summed E-state index contributed by atoms with van der Waals surface area (Å²) in [6.07, 6.45) is 0.483. The van der Waals surface area contributed by atoms with Gasteiger partial charge in [0.1, 0.15) is 6.10 Å². The smallest absolute Gasteiger partial charge is 0.228 e. The van der Waals surface area contributed by atoms with E-state index in [1.807, 2.05) is 6.07 Å². The van der Waals surface area contributed by atoms with E-state index in [2.05, 4.69) is 29.7 Å². The highest BCUT2D eigenvalue weighted by Gasteiger charge is 2.27. The molecule has 0 spiro atoms. The van der Waals surface area contributed by atoms with Crippen molar-refractivity contribution in [1.29, 1.82) is 0 Å². The largest absolute Gasteiger partial charge is 0.376 e. The summed E-state index contributed by atoms with van der Waals surface area (Å²) in [7, 11) is 0. The first-order valence-corrected chi connectivity index (χ1v) is 7.13. The molecule has 0 bridgehead atoms. The van der Waals surface area contributed by atoms with Crippen LogP contribution in [0.4, 0.5) is 5.69 Å². The van der Waals surface area contributed by atoms with Gasteiger partial charge in [-0.25, -0.2) is 0 Å². The predicted octanol–water partition coefficient (Wildman–Crippen LogP) is 1.25. The topological polar surface area (TPSA) is 59.6 Å². The quantitative estimate of drug-likeness (QED) is 0.869. The Bertz CT molecular complexity index is 498. The Labute approximate surface area is 118 Å². The summed E-state index contributed by atoms with van der Waals surface area (Å²) < 4.78 is 11.3. The summed E-state index contributed by atoms with van der Waals surface area (Å²) in [4.78, 5) is 11.4. The fraction of sp³-hybridized carbons (Fsp3) is 0.533. The molecule has 0 aliphatic carbocycles. The molecule has 20 heavy (non-hydrogen) atoms. The normalized spacial score (nSPS) is 23.2. The number of likely N-dealkylation sites (N-methyl/N-ethyl adjacent to an activating group) is 1. The molecular weight excluding hydrogens is 256 g/mol.